The van der Waals surface area contributed by atoms with Crippen LogP contribution in [-0.4, -0.2) is 45.7 Å². The molecule has 3 nitrogen and oxygen atoms in total. The van der Waals surface area contributed by atoms with Crippen molar-refractivity contribution in [1.82, 2.24) is 0 Å². The first-order valence-corrected chi connectivity index (χ1v) is 5.65. The zero-order chi connectivity index (χ0) is 4.12. The van der Waals surface area contributed by atoms with E-state index in [-0.39, 0.29) is 0 Å². The fraction of sp³-hybridized carbons (Fsp3) is 0. The SMILES string of the molecule is [O]=[Sb][O][Bi]=[O]. The Hall–Kier alpha value is 1.26. The molecule has 0 bridgehead atoms. The molecule has 0 heterocycles. The fourth-order valence-electron chi connectivity index (χ4n) is 0.0136. The van der Waals surface area contributed by atoms with Gasteiger partial charge in [0.1, 0.15) is 0 Å². The first-order valence-electron chi connectivity index (χ1n) is 0.730. The first kappa shape index (κ1) is 6.26. The second-order valence-corrected chi connectivity index (χ2v) is 5.96. The van der Waals surface area contributed by atoms with E-state index in [1.807, 2.05) is 0 Å². The number of hydrogen-bond acceptors (Lipinski definition) is 3. The average Bonchev–Trinajstić information content (AvgIpc) is 1.41. The summed E-state index contributed by atoms with van der Waals surface area (Å²) in [5.74, 6) is 0. The van der Waals surface area contributed by atoms with Crippen molar-refractivity contribution in [3.63, 3.8) is 0 Å². The Morgan fingerprint density at radius 2 is 2.40 bits per heavy atom. The molecule has 0 aliphatic heterocycles. The molecule has 5 heavy (non-hydrogen) atoms. The summed E-state index contributed by atoms with van der Waals surface area (Å²) in [6.07, 6.45) is 0. The third kappa shape index (κ3) is 5.26. The minimum atomic E-state index is -1.86. The Morgan fingerprint density at radius 1 is 1.80 bits per heavy atom. The van der Waals surface area contributed by atoms with Gasteiger partial charge in [-0.1, -0.05) is 0 Å². The molecule has 0 atom stereocenters. The van der Waals surface area contributed by atoms with Crippen molar-refractivity contribution in [3.05, 3.63) is 0 Å². The van der Waals surface area contributed by atoms with Crippen LogP contribution in [0, 0.1) is 0 Å². The van der Waals surface area contributed by atoms with E-state index in [0.29, 0.717) is 0 Å². The summed E-state index contributed by atoms with van der Waals surface area (Å²) in [7, 11) is 0. The summed E-state index contributed by atoms with van der Waals surface area (Å²) in [6, 6.07) is 0. The molecule has 0 aromatic heterocycles. The molecule has 0 N–H and O–H groups in total. The van der Waals surface area contributed by atoms with E-state index in [2.05, 4.69) is 1.09 Å². The molecule has 0 saturated heterocycles. The Morgan fingerprint density at radius 3 is 2.40 bits per heavy atom. The molecular weight excluding hydrogens is 379 g/mol. The van der Waals surface area contributed by atoms with Crippen LogP contribution in [0.15, 0.2) is 0 Å². The molecular formula is BiO3Sb. The van der Waals surface area contributed by atoms with Gasteiger partial charge >= 0.3 is 52.6 Å². The van der Waals surface area contributed by atoms with Gasteiger partial charge in [0.25, 0.3) is 0 Å². The molecule has 0 aromatic carbocycles. The van der Waals surface area contributed by atoms with E-state index in [1.54, 1.807) is 0 Å². The van der Waals surface area contributed by atoms with Crippen LogP contribution in [-0.2, 0) is 6.92 Å². The van der Waals surface area contributed by atoms with Gasteiger partial charge in [-0.2, -0.15) is 0 Å². The van der Waals surface area contributed by atoms with Crippen molar-refractivity contribution in [2.24, 2.45) is 0 Å². The van der Waals surface area contributed by atoms with Crippen LogP contribution in [0.3, 0.4) is 0 Å². The molecule has 0 aromatic rings. The van der Waals surface area contributed by atoms with Gasteiger partial charge in [0.05, 0.1) is 0 Å². The fourth-order valence-corrected chi connectivity index (χ4v) is 0.801. The van der Waals surface area contributed by atoms with Crippen molar-refractivity contribution in [2.45, 2.75) is 0 Å². The molecule has 0 saturated carbocycles. The quantitative estimate of drug-likeness (QED) is 0.575. The van der Waals surface area contributed by atoms with Gasteiger partial charge in [0, 0.05) is 0 Å². The van der Waals surface area contributed by atoms with Crippen molar-refractivity contribution >= 4 is 45.7 Å². The van der Waals surface area contributed by atoms with Crippen LogP contribution in [0.2, 0.25) is 0 Å². The molecule has 0 fully saturated rings. The van der Waals surface area contributed by atoms with E-state index in [1.165, 1.54) is 0 Å². The molecule has 5 heteroatoms. The van der Waals surface area contributed by atoms with Crippen molar-refractivity contribution in [3.8, 4) is 0 Å². The second-order valence-electron chi connectivity index (χ2n) is 0.231. The minimum absolute atomic E-state index is 1.64. The molecule has 0 rings (SSSR count). The van der Waals surface area contributed by atoms with Crippen molar-refractivity contribution in [2.75, 3.05) is 0 Å². The zero-order valence-corrected chi connectivity index (χ0v) is 8.15. The van der Waals surface area contributed by atoms with Gasteiger partial charge < -0.3 is 0 Å². The summed E-state index contributed by atoms with van der Waals surface area (Å²) in [5, 5.41) is 0. The average molecular weight is 379 g/mol. The summed E-state index contributed by atoms with van der Waals surface area (Å²) >= 11 is -3.50. The maximum absolute atomic E-state index is 9.33. The number of rotatable bonds is 2. The second kappa shape index (κ2) is 5.26. The van der Waals surface area contributed by atoms with Gasteiger partial charge in [-0.05, 0) is 0 Å². The van der Waals surface area contributed by atoms with E-state index in [9.17, 15) is 5.83 Å². The summed E-state index contributed by atoms with van der Waals surface area (Å²) in [6.45, 7) is 0. The van der Waals surface area contributed by atoms with Crippen LogP contribution in [0.4, 0.5) is 0 Å². The van der Waals surface area contributed by atoms with Crippen LogP contribution in [0.25, 0.3) is 0 Å². The molecule has 0 aliphatic rings. The monoisotopic (exact) mass is 378 g/mol. The Bertz CT molecular complexity index is 36.2. The van der Waals surface area contributed by atoms with E-state index >= 15 is 0 Å². The van der Waals surface area contributed by atoms with Gasteiger partial charge in [-0.3, -0.25) is 0 Å². The molecule has 0 radical (unpaired) electrons. The summed E-state index contributed by atoms with van der Waals surface area (Å²) in [4.78, 5) is 0. The molecule has 28 valence electrons. The van der Waals surface area contributed by atoms with Gasteiger partial charge in [0.2, 0.25) is 0 Å². The molecule has 0 aliphatic carbocycles. The third-order valence-corrected chi connectivity index (χ3v) is 3.92. The third-order valence-electron chi connectivity index (χ3n) is 0.0667. The van der Waals surface area contributed by atoms with E-state index in [0.717, 1.165) is 0 Å². The van der Waals surface area contributed by atoms with Crippen LogP contribution >= 0.6 is 0 Å². The van der Waals surface area contributed by atoms with Gasteiger partial charge in [-0.25, -0.2) is 0 Å². The predicted octanol–water partition coefficient (Wildman–Crippen LogP) is -1.07. The Balaban J connectivity index is 2.65. The molecule has 0 unspecified atom stereocenters. The van der Waals surface area contributed by atoms with Crippen LogP contribution < -0.4 is 0 Å². The van der Waals surface area contributed by atoms with Gasteiger partial charge in [-0.15, -0.1) is 0 Å². The Kier molecular flexibility index (Phi) is 6.59. The normalized spacial score (nSPS) is 6.40. The van der Waals surface area contributed by atoms with Crippen LogP contribution in [0.1, 0.15) is 0 Å². The van der Waals surface area contributed by atoms with Gasteiger partial charge in [0.15, 0.2) is 0 Å². The zero-order valence-electron chi connectivity index (χ0n) is 2.12. The molecule has 0 spiro atoms. The first-order chi connectivity index (χ1) is 2.41. The summed E-state index contributed by atoms with van der Waals surface area (Å²) in [5.41, 5.74) is 0. The maximum atomic E-state index is 9.33. The standard InChI is InChI=1S/Bi.3O.Sb. The van der Waals surface area contributed by atoms with Crippen LogP contribution in [0.5, 0.6) is 0 Å². The van der Waals surface area contributed by atoms with Crippen molar-refractivity contribution in [1.29, 1.82) is 0 Å². The van der Waals surface area contributed by atoms with Crippen molar-refractivity contribution < 1.29 is 6.92 Å². The molecule has 0 amide bonds. The predicted molar refractivity (Wildman–Crippen MR) is 14.0 cm³/mol. The summed E-state index contributed by atoms with van der Waals surface area (Å²) < 4.78 is 22.7. The van der Waals surface area contributed by atoms with E-state index in [4.69, 9.17) is 0 Å². The van der Waals surface area contributed by atoms with E-state index < -0.39 is 45.7 Å². The Labute approximate surface area is 52.2 Å². The number of hydrogen-bond donors (Lipinski definition) is 0. The topological polar surface area (TPSA) is 43.4 Å².